The van der Waals surface area contributed by atoms with E-state index in [1.54, 1.807) is 11.8 Å². The van der Waals surface area contributed by atoms with Gasteiger partial charge in [-0.3, -0.25) is 4.79 Å². The maximum atomic E-state index is 11.0. The summed E-state index contributed by atoms with van der Waals surface area (Å²) in [6, 6.07) is 20.4. The molecule has 3 N–H and O–H groups in total. The third kappa shape index (κ3) is 4.51. The van der Waals surface area contributed by atoms with Gasteiger partial charge < -0.3 is 10.7 Å². The third-order valence-corrected chi connectivity index (χ3v) is 4.96. The lowest BCUT2D eigenvalue weighted by Crippen LogP contribution is -2.12. The van der Waals surface area contributed by atoms with Crippen LogP contribution in [0.3, 0.4) is 0 Å². The zero-order chi connectivity index (χ0) is 17.6. The van der Waals surface area contributed by atoms with Gasteiger partial charge in [-0.25, -0.2) is 4.98 Å². The lowest BCUT2D eigenvalue weighted by Gasteiger charge is -2.06. The van der Waals surface area contributed by atoms with Gasteiger partial charge in [0.15, 0.2) is 5.16 Å². The van der Waals surface area contributed by atoms with Crippen molar-refractivity contribution in [2.45, 2.75) is 30.2 Å². The van der Waals surface area contributed by atoms with Gasteiger partial charge in [0, 0.05) is 22.8 Å². The Balaban J connectivity index is 1.91. The quantitative estimate of drug-likeness (QED) is 0.616. The van der Waals surface area contributed by atoms with Crippen LogP contribution in [0.15, 0.2) is 65.8 Å². The van der Waals surface area contributed by atoms with E-state index < -0.39 is 0 Å². The van der Waals surface area contributed by atoms with Gasteiger partial charge in [0.1, 0.15) is 0 Å². The van der Waals surface area contributed by atoms with Crippen molar-refractivity contribution in [3.63, 3.8) is 0 Å². The van der Waals surface area contributed by atoms with Crippen molar-refractivity contribution >= 4 is 17.7 Å². The Bertz CT molecular complexity index is 774. The van der Waals surface area contributed by atoms with E-state index in [1.165, 1.54) is 0 Å². The normalized spacial score (nSPS) is 12.0. The minimum absolute atomic E-state index is 0.255. The van der Waals surface area contributed by atoms with Gasteiger partial charge in [-0.2, -0.15) is 0 Å². The molecule has 3 rings (SSSR count). The average Bonchev–Trinajstić information content (AvgIpc) is 3.05. The molecule has 2 aromatic carbocycles. The van der Waals surface area contributed by atoms with Crippen molar-refractivity contribution in [3.8, 4) is 22.5 Å². The molecule has 0 spiro atoms. The lowest BCUT2D eigenvalue weighted by atomic mass is 10.1. The van der Waals surface area contributed by atoms with Crippen LogP contribution >= 0.6 is 11.8 Å². The molecule has 1 heterocycles. The first-order valence-corrected chi connectivity index (χ1v) is 9.17. The van der Waals surface area contributed by atoms with Crippen LogP contribution in [0.1, 0.15) is 19.8 Å². The summed E-state index contributed by atoms with van der Waals surface area (Å²) in [6.45, 7) is 2.08. The summed E-state index contributed by atoms with van der Waals surface area (Å²) in [5, 5.41) is 1.11. The van der Waals surface area contributed by atoms with E-state index >= 15 is 0 Å². The Labute approximate surface area is 151 Å². The van der Waals surface area contributed by atoms with E-state index in [1.807, 2.05) is 36.4 Å². The van der Waals surface area contributed by atoms with Gasteiger partial charge in [0.25, 0.3) is 0 Å². The van der Waals surface area contributed by atoms with E-state index in [-0.39, 0.29) is 11.2 Å². The van der Waals surface area contributed by atoms with E-state index in [4.69, 9.17) is 10.7 Å². The molecular weight excluding hydrogens is 330 g/mol. The number of nitrogens with one attached hydrogen (secondary N) is 1. The van der Waals surface area contributed by atoms with Crippen LogP contribution in [-0.2, 0) is 4.79 Å². The Kier molecular flexibility index (Phi) is 5.56. The first kappa shape index (κ1) is 17.3. The number of thioether (sulfide) groups is 1. The number of carbonyl (C=O) groups is 1. The zero-order valence-corrected chi connectivity index (χ0v) is 14.9. The van der Waals surface area contributed by atoms with Crippen molar-refractivity contribution in [1.29, 1.82) is 0 Å². The molecule has 0 saturated carbocycles. The van der Waals surface area contributed by atoms with E-state index in [0.717, 1.165) is 34.1 Å². The molecule has 0 aliphatic carbocycles. The maximum absolute atomic E-state index is 11.0. The smallest absolute Gasteiger partial charge is 0.217 e. The van der Waals surface area contributed by atoms with Crippen LogP contribution in [0, 0.1) is 0 Å². The number of primary amides is 1. The molecular formula is C20H21N3OS. The molecule has 3 aromatic rings. The number of rotatable bonds is 7. The first-order valence-electron chi connectivity index (χ1n) is 8.29. The van der Waals surface area contributed by atoms with E-state index in [9.17, 15) is 4.79 Å². The number of amides is 1. The van der Waals surface area contributed by atoms with Gasteiger partial charge in [-0.05, 0) is 6.42 Å². The van der Waals surface area contributed by atoms with Crippen molar-refractivity contribution in [1.82, 2.24) is 9.97 Å². The van der Waals surface area contributed by atoms with Gasteiger partial charge in [-0.15, -0.1) is 0 Å². The number of imidazole rings is 1. The monoisotopic (exact) mass is 351 g/mol. The van der Waals surface area contributed by atoms with Crippen LogP contribution in [-0.4, -0.2) is 21.1 Å². The summed E-state index contributed by atoms with van der Waals surface area (Å²) >= 11 is 1.64. The Morgan fingerprint density at radius 1 is 1.08 bits per heavy atom. The summed E-state index contributed by atoms with van der Waals surface area (Å²) < 4.78 is 0. The highest BCUT2D eigenvalue weighted by Crippen LogP contribution is 2.34. The second-order valence-electron chi connectivity index (χ2n) is 5.93. The van der Waals surface area contributed by atoms with Crippen molar-refractivity contribution in [3.05, 3.63) is 60.7 Å². The Morgan fingerprint density at radius 2 is 1.68 bits per heavy atom. The molecule has 4 nitrogen and oxygen atoms in total. The molecule has 0 saturated heterocycles. The highest BCUT2D eigenvalue weighted by molar-refractivity contribution is 7.99. The SMILES string of the molecule is CC(CCC(N)=O)Sc1nc(-c2ccccc2)c(-c2ccccc2)[nH]1. The third-order valence-electron chi connectivity index (χ3n) is 3.90. The lowest BCUT2D eigenvalue weighted by molar-refractivity contribution is -0.118. The minimum Gasteiger partial charge on any atom is -0.370 e. The average molecular weight is 351 g/mol. The number of hydrogen-bond acceptors (Lipinski definition) is 3. The van der Waals surface area contributed by atoms with Crippen LogP contribution < -0.4 is 5.73 Å². The molecule has 5 heteroatoms. The summed E-state index contributed by atoms with van der Waals surface area (Å²) in [4.78, 5) is 19.2. The molecule has 128 valence electrons. The number of carbonyl (C=O) groups excluding carboxylic acids is 1. The second kappa shape index (κ2) is 8.03. The summed E-state index contributed by atoms with van der Waals surface area (Å²) in [5.74, 6) is -0.262. The number of H-pyrrole nitrogens is 1. The van der Waals surface area contributed by atoms with Gasteiger partial charge >= 0.3 is 0 Å². The number of aromatic nitrogens is 2. The van der Waals surface area contributed by atoms with Crippen molar-refractivity contribution in [2.75, 3.05) is 0 Å². The Morgan fingerprint density at radius 3 is 2.28 bits per heavy atom. The van der Waals surface area contributed by atoms with Gasteiger partial charge in [-0.1, -0.05) is 79.3 Å². The molecule has 0 aliphatic rings. The molecule has 1 atom stereocenters. The van der Waals surface area contributed by atoms with Crippen molar-refractivity contribution < 1.29 is 4.79 Å². The summed E-state index contributed by atoms with van der Waals surface area (Å²) in [5.41, 5.74) is 9.37. The topological polar surface area (TPSA) is 71.8 Å². The highest BCUT2D eigenvalue weighted by Gasteiger charge is 2.16. The fourth-order valence-electron chi connectivity index (χ4n) is 2.62. The van der Waals surface area contributed by atoms with Gasteiger partial charge in [0.05, 0.1) is 11.4 Å². The van der Waals surface area contributed by atoms with Crippen LogP contribution in [0.25, 0.3) is 22.5 Å². The fourth-order valence-corrected chi connectivity index (χ4v) is 3.54. The van der Waals surface area contributed by atoms with Crippen LogP contribution in [0.4, 0.5) is 0 Å². The van der Waals surface area contributed by atoms with E-state index in [2.05, 4.69) is 36.2 Å². The number of hydrogen-bond donors (Lipinski definition) is 2. The number of nitrogens with two attached hydrogens (primary N) is 1. The molecule has 0 aliphatic heterocycles. The molecule has 0 fully saturated rings. The molecule has 0 bridgehead atoms. The Hall–Kier alpha value is -2.53. The molecule has 1 unspecified atom stereocenters. The molecule has 25 heavy (non-hydrogen) atoms. The number of nitrogens with zero attached hydrogens (tertiary/aromatic N) is 1. The van der Waals surface area contributed by atoms with Crippen LogP contribution in [0.2, 0.25) is 0 Å². The standard InChI is InChI=1S/C20H21N3OS/c1-14(12-13-17(21)24)25-20-22-18(15-8-4-2-5-9-15)19(23-20)16-10-6-3-7-11-16/h2-11,14H,12-13H2,1H3,(H2,21,24)(H,22,23). The predicted molar refractivity (Wildman–Crippen MR) is 103 cm³/mol. The number of benzene rings is 2. The van der Waals surface area contributed by atoms with Crippen LogP contribution in [0.5, 0.6) is 0 Å². The van der Waals surface area contributed by atoms with E-state index in [0.29, 0.717) is 6.42 Å². The minimum atomic E-state index is -0.262. The second-order valence-corrected chi connectivity index (χ2v) is 7.36. The largest absolute Gasteiger partial charge is 0.370 e. The molecule has 1 amide bonds. The van der Waals surface area contributed by atoms with Crippen molar-refractivity contribution in [2.24, 2.45) is 5.73 Å². The van der Waals surface area contributed by atoms with Gasteiger partial charge in [0.2, 0.25) is 5.91 Å². The fraction of sp³-hybridized carbons (Fsp3) is 0.200. The number of aromatic amines is 1. The molecule has 0 radical (unpaired) electrons. The molecule has 1 aromatic heterocycles. The summed E-state index contributed by atoms with van der Waals surface area (Å²) in [7, 11) is 0. The predicted octanol–water partition coefficient (Wildman–Crippen LogP) is 4.49. The first-order chi connectivity index (χ1) is 12.1. The zero-order valence-electron chi connectivity index (χ0n) is 14.1. The maximum Gasteiger partial charge on any atom is 0.217 e. The highest BCUT2D eigenvalue weighted by atomic mass is 32.2. The summed E-state index contributed by atoms with van der Waals surface area (Å²) in [6.07, 6.45) is 1.13.